The Hall–Kier alpha value is -1.22. The second-order valence-electron chi connectivity index (χ2n) is 6.33. The number of carboxylic acids is 1. The number of carboxylic acid groups (broad SMARTS) is 1. The summed E-state index contributed by atoms with van der Waals surface area (Å²) in [6.07, 6.45) is 21.5. The Morgan fingerprint density at radius 3 is 2.00 bits per heavy atom. The van der Waals surface area contributed by atoms with Gasteiger partial charge >= 0.3 is 5.97 Å². The van der Waals surface area contributed by atoms with Crippen molar-refractivity contribution in [3.63, 3.8) is 0 Å². The van der Waals surface area contributed by atoms with Crippen molar-refractivity contribution < 1.29 is 14.6 Å². The lowest BCUT2D eigenvalue weighted by Crippen LogP contribution is -1.88. The highest BCUT2D eigenvalue weighted by molar-refractivity contribution is 6.32. The van der Waals surface area contributed by atoms with E-state index in [0.717, 1.165) is 6.42 Å². The summed E-state index contributed by atoms with van der Waals surface area (Å²) in [5.41, 5.74) is 0. The van der Waals surface area contributed by atoms with Crippen molar-refractivity contribution in [3.05, 3.63) is 34.8 Å². The first-order valence-corrected chi connectivity index (χ1v) is 9.72. The van der Waals surface area contributed by atoms with Crippen LogP contribution in [0.25, 0.3) is 0 Å². The first-order chi connectivity index (χ1) is 11.7. The van der Waals surface area contributed by atoms with Crippen molar-refractivity contribution in [2.45, 2.75) is 84.0 Å². The van der Waals surface area contributed by atoms with Gasteiger partial charge in [0.15, 0.2) is 5.76 Å². The molecule has 1 N–H and O–H groups in total. The SMILES string of the molecule is CCCCCCCCCCCCCC=CC=C(Cl)C1=C(C(=O)O)O1. The van der Waals surface area contributed by atoms with E-state index < -0.39 is 5.97 Å². The standard InChI is InChI=1S/C20H31ClO3/c1-2-3-4-5-6-7-8-9-10-11-12-13-14-15-16-17(21)18-19(24-18)20(22)23/h14-16H,2-13H2,1H3,(H,22,23). The van der Waals surface area contributed by atoms with Crippen LogP contribution >= 0.6 is 11.6 Å². The molecule has 1 rings (SSSR count). The number of allylic oxidation sites excluding steroid dienone is 4. The maximum absolute atomic E-state index is 10.6. The number of ether oxygens (including phenoxy) is 1. The number of hydrogen-bond donors (Lipinski definition) is 1. The molecule has 1 aliphatic rings. The molecule has 0 aliphatic carbocycles. The smallest absolute Gasteiger partial charge is 0.375 e. The van der Waals surface area contributed by atoms with Gasteiger partial charge in [0.2, 0.25) is 0 Å². The highest BCUT2D eigenvalue weighted by Gasteiger charge is 2.34. The van der Waals surface area contributed by atoms with Gasteiger partial charge in [-0.25, -0.2) is 4.79 Å². The predicted molar refractivity (Wildman–Crippen MR) is 99.9 cm³/mol. The largest absolute Gasteiger partial charge is 0.475 e. The Bertz CT molecular complexity index is 464. The molecule has 0 radical (unpaired) electrons. The van der Waals surface area contributed by atoms with Crippen LogP contribution in [0, 0.1) is 0 Å². The third-order valence-electron chi connectivity index (χ3n) is 4.13. The molecule has 0 aromatic heterocycles. The number of halogens is 1. The van der Waals surface area contributed by atoms with E-state index >= 15 is 0 Å². The van der Waals surface area contributed by atoms with Crippen LogP contribution in [-0.2, 0) is 9.53 Å². The Kier molecular flexibility index (Phi) is 11.4. The van der Waals surface area contributed by atoms with Crippen LogP contribution in [-0.4, -0.2) is 11.1 Å². The van der Waals surface area contributed by atoms with Gasteiger partial charge in [-0.3, -0.25) is 0 Å². The first-order valence-electron chi connectivity index (χ1n) is 9.35. The lowest BCUT2D eigenvalue weighted by Gasteiger charge is -2.01. The minimum absolute atomic E-state index is 0.0463. The highest BCUT2D eigenvalue weighted by atomic mass is 35.5. The fraction of sp³-hybridized carbons (Fsp3) is 0.650. The van der Waals surface area contributed by atoms with Crippen molar-refractivity contribution in [1.29, 1.82) is 0 Å². The summed E-state index contributed by atoms with van der Waals surface area (Å²) in [5.74, 6) is -0.833. The molecular weight excluding hydrogens is 324 g/mol. The lowest BCUT2D eigenvalue weighted by molar-refractivity contribution is -0.133. The van der Waals surface area contributed by atoms with Gasteiger partial charge in [0.1, 0.15) is 0 Å². The van der Waals surface area contributed by atoms with Crippen LogP contribution in [0.3, 0.4) is 0 Å². The Balaban J connectivity index is 1.91. The minimum atomic E-state index is -1.07. The van der Waals surface area contributed by atoms with Crippen LogP contribution < -0.4 is 0 Å². The van der Waals surface area contributed by atoms with E-state index in [1.807, 2.05) is 6.08 Å². The predicted octanol–water partition coefficient (Wildman–Crippen LogP) is 6.69. The molecule has 1 heterocycles. The normalized spacial score (nSPS) is 14.3. The molecule has 3 nitrogen and oxygen atoms in total. The van der Waals surface area contributed by atoms with Gasteiger partial charge in [0.05, 0.1) is 5.03 Å². The fourth-order valence-corrected chi connectivity index (χ4v) is 2.82. The van der Waals surface area contributed by atoms with E-state index in [-0.39, 0.29) is 11.5 Å². The van der Waals surface area contributed by atoms with Crippen molar-refractivity contribution in [3.8, 4) is 0 Å². The summed E-state index contributed by atoms with van der Waals surface area (Å²) >= 11 is 5.93. The second kappa shape index (κ2) is 13.1. The van der Waals surface area contributed by atoms with Crippen molar-refractivity contribution in [2.75, 3.05) is 0 Å². The van der Waals surface area contributed by atoms with Gasteiger partial charge in [-0.05, 0) is 18.9 Å². The average molecular weight is 355 g/mol. The number of aliphatic carboxylic acids is 1. The summed E-state index contributed by atoms with van der Waals surface area (Å²) in [4.78, 5) is 10.6. The lowest BCUT2D eigenvalue weighted by atomic mass is 10.1. The fourth-order valence-electron chi connectivity index (χ4n) is 2.63. The number of rotatable bonds is 15. The topological polar surface area (TPSA) is 49.8 Å². The summed E-state index contributed by atoms with van der Waals surface area (Å²) in [6, 6.07) is 0. The van der Waals surface area contributed by atoms with E-state index in [0.29, 0.717) is 5.03 Å². The maximum Gasteiger partial charge on any atom is 0.375 e. The molecule has 0 spiro atoms. The van der Waals surface area contributed by atoms with Crippen molar-refractivity contribution in [2.24, 2.45) is 0 Å². The minimum Gasteiger partial charge on any atom is -0.475 e. The molecule has 0 aromatic rings. The van der Waals surface area contributed by atoms with Crippen molar-refractivity contribution in [1.82, 2.24) is 0 Å². The molecular formula is C20H31ClO3. The third-order valence-corrected chi connectivity index (χ3v) is 4.43. The molecule has 0 aromatic carbocycles. The Morgan fingerprint density at radius 1 is 0.958 bits per heavy atom. The number of hydrogen-bond acceptors (Lipinski definition) is 2. The van der Waals surface area contributed by atoms with Gasteiger partial charge in [-0.1, -0.05) is 94.9 Å². The molecule has 0 saturated carbocycles. The maximum atomic E-state index is 10.6. The molecule has 1 aliphatic heterocycles. The molecule has 0 amide bonds. The van der Waals surface area contributed by atoms with Gasteiger partial charge in [-0.15, -0.1) is 0 Å². The van der Waals surface area contributed by atoms with Crippen LogP contribution in [0.2, 0.25) is 0 Å². The summed E-state index contributed by atoms with van der Waals surface area (Å²) in [5, 5.41) is 9.03. The zero-order valence-electron chi connectivity index (χ0n) is 14.9. The van der Waals surface area contributed by atoms with Crippen LogP contribution in [0.4, 0.5) is 0 Å². The van der Waals surface area contributed by atoms with Gasteiger partial charge in [-0.2, -0.15) is 0 Å². The quantitative estimate of drug-likeness (QED) is 0.263. The molecule has 0 atom stereocenters. The third kappa shape index (κ3) is 9.82. The molecule has 4 heteroatoms. The summed E-state index contributed by atoms with van der Waals surface area (Å²) < 4.78 is 4.81. The summed E-state index contributed by atoms with van der Waals surface area (Å²) in [7, 11) is 0. The molecule has 0 bridgehead atoms. The first kappa shape index (κ1) is 20.8. The Labute approximate surface area is 151 Å². The second-order valence-corrected chi connectivity index (χ2v) is 6.74. The highest BCUT2D eigenvalue weighted by Crippen LogP contribution is 2.34. The van der Waals surface area contributed by atoms with Gasteiger partial charge in [0, 0.05) is 0 Å². The van der Waals surface area contributed by atoms with E-state index in [2.05, 4.69) is 13.0 Å². The van der Waals surface area contributed by atoms with Crippen LogP contribution in [0.1, 0.15) is 84.0 Å². The summed E-state index contributed by atoms with van der Waals surface area (Å²) in [6.45, 7) is 2.26. The van der Waals surface area contributed by atoms with Crippen LogP contribution in [0.5, 0.6) is 0 Å². The zero-order valence-corrected chi connectivity index (χ0v) is 15.6. The van der Waals surface area contributed by atoms with E-state index in [9.17, 15) is 4.79 Å². The molecule has 0 fully saturated rings. The monoisotopic (exact) mass is 354 g/mol. The molecule has 0 unspecified atom stereocenters. The molecule has 136 valence electrons. The number of carbonyl (C=O) groups is 1. The van der Waals surface area contributed by atoms with E-state index in [1.54, 1.807) is 6.08 Å². The molecule has 0 saturated heterocycles. The Morgan fingerprint density at radius 2 is 1.50 bits per heavy atom. The number of unbranched alkanes of at least 4 members (excludes halogenated alkanes) is 11. The zero-order chi connectivity index (χ0) is 17.6. The van der Waals surface area contributed by atoms with Crippen molar-refractivity contribution >= 4 is 17.6 Å². The van der Waals surface area contributed by atoms with Crippen LogP contribution in [0.15, 0.2) is 34.8 Å². The van der Waals surface area contributed by atoms with Gasteiger partial charge in [0.25, 0.3) is 5.76 Å². The molecule has 24 heavy (non-hydrogen) atoms. The average Bonchev–Trinajstić information content (AvgIpc) is 3.36. The van der Waals surface area contributed by atoms with E-state index in [1.165, 1.54) is 70.6 Å². The van der Waals surface area contributed by atoms with Gasteiger partial charge < -0.3 is 9.84 Å². The van der Waals surface area contributed by atoms with E-state index in [4.69, 9.17) is 21.4 Å².